The molecule has 0 radical (unpaired) electrons. The molecule has 2 amide bonds. The van der Waals surface area contributed by atoms with Gasteiger partial charge in [-0.2, -0.15) is 0 Å². The van der Waals surface area contributed by atoms with Crippen LogP contribution >= 0.6 is 0 Å². The molecular weight excluding hydrogens is 184 g/mol. The first-order chi connectivity index (χ1) is 6.56. The molecule has 0 saturated carbocycles. The summed E-state index contributed by atoms with van der Waals surface area (Å²) in [5.41, 5.74) is 0. The van der Waals surface area contributed by atoms with Gasteiger partial charge in [-0.05, 0) is 5.92 Å². The Morgan fingerprint density at radius 3 is 2.57 bits per heavy atom. The van der Waals surface area contributed by atoms with Crippen molar-refractivity contribution in [3.63, 3.8) is 0 Å². The van der Waals surface area contributed by atoms with Crippen molar-refractivity contribution in [3.05, 3.63) is 12.3 Å². The molecule has 0 aliphatic rings. The topological polar surface area (TPSA) is 67.4 Å². The fourth-order valence-corrected chi connectivity index (χ4v) is 0.592. The summed E-state index contributed by atoms with van der Waals surface area (Å²) < 4.78 is 4.34. The molecule has 14 heavy (non-hydrogen) atoms. The third-order valence-electron chi connectivity index (χ3n) is 1.32. The predicted octanol–water partition coefficient (Wildman–Crippen LogP) is 0.628. The Morgan fingerprint density at radius 1 is 1.43 bits per heavy atom. The van der Waals surface area contributed by atoms with Gasteiger partial charge in [-0.15, -0.1) is 0 Å². The zero-order chi connectivity index (χ0) is 11.0. The minimum Gasteiger partial charge on any atom is -0.468 e. The standard InChI is InChI=1S/C9H16N2O3/c1-7(2)4-5-10-9(13)11-6-8(12)14-3/h4-5,7H,6H2,1-3H3,(H2,10,11,13)/b5-4+. The number of amides is 2. The Kier molecular flexibility index (Phi) is 6.19. The van der Waals surface area contributed by atoms with E-state index in [1.165, 1.54) is 13.3 Å². The largest absolute Gasteiger partial charge is 0.468 e. The van der Waals surface area contributed by atoms with Gasteiger partial charge in [0.05, 0.1) is 7.11 Å². The van der Waals surface area contributed by atoms with Crippen LogP contribution < -0.4 is 10.6 Å². The summed E-state index contributed by atoms with van der Waals surface area (Å²) >= 11 is 0. The molecule has 0 aliphatic carbocycles. The molecule has 0 aromatic heterocycles. The first-order valence-corrected chi connectivity index (χ1v) is 4.34. The van der Waals surface area contributed by atoms with E-state index >= 15 is 0 Å². The van der Waals surface area contributed by atoms with Gasteiger partial charge in [-0.1, -0.05) is 19.9 Å². The molecule has 2 N–H and O–H groups in total. The van der Waals surface area contributed by atoms with Gasteiger partial charge in [0, 0.05) is 6.20 Å². The molecule has 0 aromatic carbocycles. The summed E-state index contributed by atoms with van der Waals surface area (Å²) in [6.07, 6.45) is 3.37. The van der Waals surface area contributed by atoms with Gasteiger partial charge in [0.15, 0.2) is 0 Å². The minimum atomic E-state index is -0.479. The highest BCUT2D eigenvalue weighted by Gasteiger charge is 2.01. The van der Waals surface area contributed by atoms with Gasteiger partial charge in [0.1, 0.15) is 6.54 Å². The van der Waals surface area contributed by atoms with E-state index in [4.69, 9.17) is 0 Å². The zero-order valence-electron chi connectivity index (χ0n) is 8.66. The van der Waals surface area contributed by atoms with Crippen molar-refractivity contribution >= 4 is 12.0 Å². The maximum atomic E-state index is 11.0. The van der Waals surface area contributed by atoms with E-state index < -0.39 is 12.0 Å². The Hall–Kier alpha value is -1.52. The average Bonchev–Trinajstić information content (AvgIpc) is 2.13. The van der Waals surface area contributed by atoms with Gasteiger partial charge in [-0.3, -0.25) is 4.79 Å². The van der Waals surface area contributed by atoms with Crippen LogP contribution in [-0.4, -0.2) is 25.7 Å². The fraction of sp³-hybridized carbons (Fsp3) is 0.556. The van der Waals surface area contributed by atoms with Crippen molar-refractivity contribution in [2.45, 2.75) is 13.8 Å². The van der Waals surface area contributed by atoms with Gasteiger partial charge in [0.25, 0.3) is 0 Å². The molecule has 0 fully saturated rings. The third-order valence-corrected chi connectivity index (χ3v) is 1.32. The molecule has 0 rings (SSSR count). The summed E-state index contributed by atoms with van der Waals surface area (Å²) in [5, 5.41) is 4.79. The van der Waals surface area contributed by atoms with E-state index in [-0.39, 0.29) is 6.54 Å². The van der Waals surface area contributed by atoms with Crippen molar-refractivity contribution < 1.29 is 14.3 Å². The predicted molar refractivity (Wildman–Crippen MR) is 52.5 cm³/mol. The van der Waals surface area contributed by atoms with Crippen LogP contribution in [0.3, 0.4) is 0 Å². The molecule has 0 spiro atoms. The Balaban J connectivity index is 3.61. The Morgan fingerprint density at radius 2 is 2.07 bits per heavy atom. The van der Waals surface area contributed by atoms with E-state index in [0.717, 1.165) is 0 Å². The number of methoxy groups -OCH3 is 1. The van der Waals surface area contributed by atoms with Crippen LogP contribution in [0.4, 0.5) is 4.79 Å². The SMILES string of the molecule is COC(=O)CNC(=O)N/C=C/C(C)C. The van der Waals surface area contributed by atoms with Crippen LogP contribution in [0.1, 0.15) is 13.8 Å². The number of urea groups is 1. The lowest BCUT2D eigenvalue weighted by Crippen LogP contribution is -2.36. The summed E-state index contributed by atoms with van der Waals surface area (Å²) in [6.45, 7) is 3.85. The monoisotopic (exact) mass is 200 g/mol. The number of nitrogens with one attached hydrogen (secondary N) is 2. The van der Waals surface area contributed by atoms with Crippen molar-refractivity contribution in [3.8, 4) is 0 Å². The maximum Gasteiger partial charge on any atom is 0.325 e. The molecular formula is C9H16N2O3. The summed E-state index contributed by atoms with van der Waals surface area (Å²) in [7, 11) is 1.26. The number of allylic oxidation sites excluding steroid dienone is 1. The van der Waals surface area contributed by atoms with E-state index in [1.807, 2.05) is 19.9 Å². The van der Waals surface area contributed by atoms with Crippen molar-refractivity contribution in [2.75, 3.05) is 13.7 Å². The number of esters is 1. The lowest BCUT2D eigenvalue weighted by atomic mass is 10.2. The first kappa shape index (κ1) is 12.5. The molecule has 5 nitrogen and oxygen atoms in total. The van der Waals surface area contributed by atoms with Crippen LogP contribution in [0.2, 0.25) is 0 Å². The molecule has 0 heterocycles. The molecule has 0 bridgehead atoms. The van der Waals surface area contributed by atoms with Gasteiger partial charge in [0.2, 0.25) is 0 Å². The Bertz CT molecular complexity index is 224. The van der Waals surface area contributed by atoms with E-state index in [0.29, 0.717) is 5.92 Å². The highest BCUT2D eigenvalue weighted by atomic mass is 16.5. The summed E-state index contributed by atoms with van der Waals surface area (Å²) in [5.74, 6) is -0.108. The van der Waals surface area contributed by atoms with E-state index in [1.54, 1.807) is 0 Å². The van der Waals surface area contributed by atoms with Crippen molar-refractivity contribution in [2.24, 2.45) is 5.92 Å². The lowest BCUT2D eigenvalue weighted by Gasteiger charge is -2.02. The second kappa shape index (κ2) is 6.94. The second-order valence-corrected chi connectivity index (χ2v) is 3.01. The smallest absolute Gasteiger partial charge is 0.325 e. The molecule has 0 unspecified atom stereocenters. The average molecular weight is 200 g/mol. The molecule has 0 saturated heterocycles. The van der Waals surface area contributed by atoms with Gasteiger partial charge in [-0.25, -0.2) is 4.79 Å². The number of rotatable bonds is 4. The lowest BCUT2D eigenvalue weighted by molar-refractivity contribution is -0.139. The number of carbonyl (C=O) groups excluding carboxylic acids is 2. The molecule has 0 atom stereocenters. The highest BCUT2D eigenvalue weighted by Crippen LogP contribution is 1.90. The summed E-state index contributed by atoms with van der Waals surface area (Å²) in [6, 6.07) is -0.424. The van der Waals surface area contributed by atoms with E-state index in [9.17, 15) is 9.59 Å². The Labute approximate surface area is 83.5 Å². The fourth-order valence-electron chi connectivity index (χ4n) is 0.592. The highest BCUT2D eigenvalue weighted by molar-refractivity contribution is 5.81. The quantitative estimate of drug-likeness (QED) is 0.654. The van der Waals surface area contributed by atoms with Crippen molar-refractivity contribution in [1.29, 1.82) is 0 Å². The van der Waals surface area contributed by atoms with Gasteiger partial charge >= 0.3 is 12.0 Å². The number of ether oxygens (including phenoxy) is 1. The van der Waals surface area contributed by atoms with Crippen LogP contribution in [0, 0.1) is 5.92 Å². The zero-order valence-corrected chi connectivity index (χ0v) is 8.66. The van der Waals surface area contributed by atoms with Crippen LogP contribution in [-0.2, 0) is 9.53 Å². The van der Waals surface area contributed by atoms with Crippen LogP contribution in [0.5, 0.6) is 0 Å². The van der Waals surface area contributed by atoms with Crippen molar-refractivity contribution in [1.82, 2.24) is 10.6 Å². The molecule has 0 aliphatic heterocycles. The number of hydrogen-bond donors (Lipinski definition) is 2. The first-order valence-electron chi connectivity index (χ1n) is 4.34. The second-order valence-electron chi connectivity index (χ2n) is 3.01. The van der Waals surface area contributed by atoms with Gasteiger partial charge < -0.3 is 15.4 Å². The summed E-state index contributed by atoms with van der Waals surface area (Å²) in [4.78, 5) is 21.6. The maximum absolute atomic E-state index is 11.0. The van der Waals surface area contributed by atoms with Crippen LogP contribution in [0.25, 0.3) is 0 Å². The third kappa shape index (κ3) is 7.15. The van der Waals surface area contributed by atoms with E-state index in [2.05, 4.69) is 15.4 Å². The number of hydrogen-bond acceptors (Lipinski definition) is 3. The van der Waals surface area contributed by atoms with Crippen LogP contribution in [0.15, 0.2) is 12.3 Å². The molecule has 80 valence electrons. The number of carbonyl (C=O) groups is 2. The molecule has 0 aromatic rings. The molecule has 5 heteroatoms. The normalized spacial score (nSPS) is 10.3. The minimum absolute atomic E-state index is 0.127.